The first kappa shape index (κ1) is 25.3. The molecule has 1 fully saturated rings. The maximum absolute atomic E-state index is 13.8. The number of benzene rings is 3. The van der Waals surface area contributed by atoms with Gasteiger partial charge in [-0.25, -0.2) is 0 Å². The lowest BCUT2D eigenvalue weighted by atomic mass is 9.95. The van der Waals surface area contributed by atoms with E-state index in [1.165, 1.54) is 30.6 Å². The lowest BCUT2D eigenvalue weighted by Crippen LogP contribution is -2.33. The van der Waals surface area contributed by atoms with Crippen LogP contribution in [0.5, 0.6) is 23.0 Å². The van der Waals surface area contributed by atoms with E-state index in [-0.39, 0.29) is 11.5 Å². The largest absolute Gasteiger partial charge is 0.508 e. The zero-order chi connectivity index (χ0) is 25.9. The van der Waals surface area contributed by atoms with E-state index in [2.05, 4.69) is 4.90 Å². The first-order valence-electron chi connectivity index (χ1n) is 12.9. The smallest absolute Gasteiger partial charge is 0.207 e. The number of hydrogen-bond acceptors (Lipinski definition) is 6. The highest BCUT2D eigenvalue weighted by Crippen LogP contribution is 2.43. The molecule has 1 aromatic heterocycles. The van der Waals surface area contributed by atoms with Crippen molar-refractivity contribution in [1.82, 2.24) is 4.90 Å². The fourth-order valence-electron chi connectivity index (χ4n) is 5.16. The topological polar surface area (TPSA) is 59.0 Å². The Morgan fingerprint density at radius 1 is 0.919 bits per heavy atom. The number of ketones is 1. The van der Waals surface area contributed by atoms with Crippen LogP contribution in [-0.4, -0.2) is 42.0 Å². The minimum Gasteiger partial charge on any atom is -0.508 e. The van der Waals surface area contributed by atoms with Crippen molar-refractivity contribution < 1.29 is 19.4 Å². The van der Waals surface area contributed by atoms with Gasteiger partial charge in [0.05, 0.1) is 0 Å². The molecule has 0 spiro atoms. The molecule has 0 saturated carbocycles. The van der Waals surface area contributed by atoms with E-state index in [0.29, 0.717) is 28.5 Å². The summed E-state index contributed by atoms with van der Waals surface area (Å²) in [5.41, 5.74) is 3.71. The van der Waals surface area contributed by atoms with E-state index in [1.807, 2.05) is 57.2 Å². The van der Waals surface area contributed by atoms with Crippen molar-refractivity contribution in [2.24, 2.45) is 0 Å². The Bertz CT molecular complexity index is 1390. The molecule has 0 radical (unpaired) electrons. The van der Waals surface area contributed by atoms with E-state index < -0.39 is 0 Å². The van der Waals surface area contributed by atoms with Crippen LogP contribution in [0.2, 0.25) is 0 Å². The van der Waals surface area contributed by atoms with Gasteiger partial charge in [-0.1, -0.05) is 24.1 Å². The van der Waals surface area contributed by atoms with Gasteiger partial charge in [0.25, 0.3) is 0 Å². The predicted octanol–water partition coefficient (Wildman–Crippen LogP) is 7.42. The third-order valence-corrected chi connectivity index (χ3v) is 8.04. The number of hydrogen-bond donors (Lipinski definition) is 1. The molecule has 5 nitrogen and oxygen atoms in total. The average Bonchev–Trinajstić information content (AvgIpc) is 3.22. The Morgan fingerprint density at radius 3 is 2.30 bits per heavy atom. The summed E-state index contributed by atoms with van der Waals surface area (Å²) in [6.45, 7) is 9.89. The van der Waals surface area contributed by atoms with Crippen LogP contribution in [0.15, 0.2) is 54.6 Å². The number of carbonyl (C=O) groups is 1. The second kappa shape index (κ2) is 11.0. The second-order valence-electron chi connectivity index (χ2n) is 9.87. The van der Waals surface area contributed by atoms with Gasteiger partial charge in [0.1, 0.15) is 28.7 Å². The second-order valence-corrected chi connectivity index (χ2v) is 10.9. The lowest BCUT2D eigenvalue weighted by molar-refractivity contribution is 0.103. The van der Waals surface area contributed by atoms with Gasteiger partial charge in [0, 0.05) is 22.2 Å². The summed E-state index contributed by atoms with van der Waals surface area (Å²) in [4.78, 5) is 16.8. The molecule has 0 atom stereocenters. The minimum atomic E-state index is -0.0663. The third-order valence-electron chi connectivity index (χ3n) is 6.91. The van der Waals surface area contributed by atoms with E-state index in [4.69, 9.17) is 9.47 Å². The molecular weight excluding hydrogens is 482 g/mol. The van der Waals surface area contributed by atoms with E-state index in [0.717, 1.165) is 52.2 Å². The average molecular weight is 516 g/mol. The van der Waals surface area contributed by atoms with Crippen LogP contribution in [0.25, 0.3) is 10.1 Å². The monoisotopic (exact) mass is 515 g/mol. The standard InChI is InChI=1S/C31H33NO4S/c1-20-17-21(2)28(22(3)18-20)29(34)31-30(26-12-7-23(33)19-27(26)37-31)36-25-10-8-24(9-11-25)35-16-15-32-13-5-4-6-14-32/h7-12,17-19,33H,4-6,13-16H2,1-3H3. The molecule has 1 N–H and O–H groups in total. The number of ether oxygens (including phenoxy) is 2. The third kappa shape index (κ3) is 5.65. The summed E-state index contributed by atoms with van der Waals surface area (Å²) in [5.74, 6) is 2.04. The summed E-state index contributed by atoms with van der Waals surface area (Å²) >= 11 is 1.35. The normalized spacial score (nSPS) is 14.1. The zero-order valence-corrected chi connectivity index (χ0v) is 22.5. The Labute approximate surface area is 222 Å². The molecule has 2 heterocycles. The summed E-state index contributed by atoms with van der Waals surface area (Å²) in [6, 6.07) is 16.7. The Balaban J connectivity index is 1.39. The Morgan fingerprint density at radius 2 is 1.59 bits per heavy atom. The van der Waals surface area contributed by atoms with E-state index >= 15 is 0 Å². The number of aryl methyl sites for hydroxylation is 3. The predicted molar refractivity (Wildman–Crippen MR) is 150 cm³/mol. The van der Waals surface area contributed by atoms with Crippen LogP contribution in [0.4, 0.5) is 0 Å². The number of carbonyl (C=O) groups excluding carboxylic acids is 1. The number of phenols is 1. The van der Waals surface area contributed by atoms with Gasteiger partial charge in [-0.3, -0.25) is 9.69 Å². The lowest BCUT2D eigenvalue weighted by Gasteiger charge is -2.26. The SMILES string of the molecule is Cc1cc(C)c(C(=O)c2sc3cc(O)ccc3c2Oc2ccc(OCCN3CCCCC3)cc2)c(C)c1. The molecule has 5 rings (SSSR count). The number of piperidine rings is 1. The molecule has 0 bridgehead atoms. The minimum absolute atomic E-state index is 0.0663. The number of nitrogens with zero attached hydrogens (tertiary/aromatic N) is 1. The van der Waals surface area contributed by atoms with E-state index in [9.17, 15) is 9.90 Å². The molecule has 6 heteroatoms. The molecule has 1 saturated heterocycles. The highest BCUT2D eigenvalue weighted by atomic mass is 32.1. The zero-order valence-electron chi connectivity index (χ0n) is 21.7. The molecule has 0 unspecified atom stereocenters. The Kier molecular flexibility index (Phi) is 7.49. The van der Waals surface area contributed by atoms with Crippen LogP contribution in [0.1, 0.15) is 51.2 Å². The van der Waals surface area contributed by atoms with Gasteiger partial charge < -0.3 is 14.6 Å². The van der Waals surface area contributed by atoms with Gasteiger partial charge in [-0.15, -0.1) is 11.3 Å². The highest BCUT2D eigenvalue weighted by molar-refractivity contribution is 7.21. The first-order valence-corrected chi connectivity index (χ1v) is 13.7. The van der Waals surface area contributed by atoms with Gasteiger partial charge in [-0.05, 0) is 100 Å². The quantitative estimate of drug-likeness (QED) is 0.247. The van der Waals surface area contributed by atoms with Crippen molar-refractivity contribution in [3.63, 3.8) is 0 Å². The molecule has 192 valence electrons. The van der Waals surface area contributed by atoms with Gasteiger partial charge in [0.2, 0.25) is 5.78 Å². The number of likely N-dealkylation sites (tertiary alicyclic amines) is 1. The van der Waals surface area contributed by atoms with Crippen molar-refractivity contribution in [2.75, 3.05) is 26.2 Å². The molecule has 4 aromatic rings. The fraction of sp³-hybridized carbons (Fsp3) is 0.323. The number of phenolic OH excluding ortho intramolecular Hbond substituents is 1. The molecule has 3 aromatic carbocycles. The molecule has 1 aliphatic heterocycles. The molecule has 37 heavy (non-hydrogen) atoms. The summed E-state index contributed by atoms with van der Waals surface area (Å²) < 4.78 is 13.1. The Hall–Kier alpha value is -3.35. The van der Waals surface area contributed by atoms with Crippen LogP contribution < -0.4 is 9.47 Å². The van der Waals surface area contributed by atoms with Crippen molar-refractivity contribution in [1.29, 1.82) is 0 Å². The maximum atomic E-state index is 13.8. The van der Waals surface area contributed by atoms with Gasteiger partial charge in [-0.2, -0.15) is 0 Å². The fourth-order valence-corrected chi connectivity index (χ4v) is 6.27. The van der Waals surface area contributed by atoms with Crippen molar-refractivity contribution in [3.05, 3.63) is 81.7 Å². The van der Waals surface area contributed by atoms with Gasteiger partial charge in [0.15, 0.2) is 5.75 Å². The molecule has 1 aliphatic rings. The maximum Gasteiger partial charge on any atom is 0.207 e. The number of thiophene rings is 1. The summed E-state index contributed by atoms with van der Waals surface area (Å²) in [6.07, 6.45) is 3.88. The van der Waals surface area contributed by atoms with Crippen LogP contribution in [-0.2, 0) is 0 Å². The summed E-state index contributed by atoms with van der Waals surface area (Å²) in [7, 11) is 0. The van der Waals surface area contributed by atoms with Crippen molar-refractivity contribution in [3.8, 4) is 23.0 Å². The van der Waals surface area contributed by atoms with Crippen LogP contribution in [0.3, 0.4) is 0 Å². The number of aromatic hydroxyl groups is 1. The van der Waals surface area contributed by atoms with Crippen LogP contribution >= 0.6 is 11.3 Å². The van der Waals surface area contributed by atoms with Crippen molar-refractivity contribution >= 4 is 27.2 Å². The number of fused-ring (bicyclic) bond motifs is 1. The highest BCUT2D eigenvalue weighted by Gasteiger charge is 2.24. The molecular formula is C31H33NO4S. The first-order chi connectivity index (χ1) is 17.9. The number of rotatable bonds is 8. The molecule has 0 amide bonds. The molecule has 0 aliphatic carbocycles. The summed E-state index contributed by atoms with van der Waals surface area (Å²) in [5, 5.41) is 10.8. The van der Waals surface area contributed by atoms with Crippen LogP contribution in [0, 0.1) is 20.8 Å². The van der Waals surface area contributed by atoms with Gasteiger partial charge >= 0.3 is 0 Å². The van der Waals surface area contributed by atoms with E-state index in [1.54, 1.807) is 18.2 Å². The van der Waals surface area contributed by atoms with Crippen molar-refractivity contribution in [2.45, 2.75) is 40.0 Å².